The molecular weight excluding hydrogens is 237 g/mol. The number of halogens is 1. The number of hydrogen-bond acceptors (Lipinski definition) is 5. The molecule has 2 rings (SSSR count). The van der Waals surface area contributed by atoms with Gasteiger partial charge in [-0.1, -0.05) is 12.1 Å². The summed E-state index contributed by atoms with van der Waals surface area (Å²) in [4.78, 5) is 18.9. The number of hydrogen-bond donors (Lipinski definition) is 1. The molecule has 0 spiro atoms. The van der Waals surface area contributed by atoms with Crippen molar-refractivity contribution >= 4 is 17.5 Å². The molecule has 0 saturated heterocycles. The number of benzene rings is 1. The van der Waals surface area contributed by atoms with E-state index in [2.05, 4.69) is 20.0 Å². The third-order valence-corrected chi connectivity index (χ3v) is 2.18. The maximum atomic E-state index is 13.4. The van der Waals surface area contributed by atoms with E-state index < -0.39 is 11.8 Å². The molecule has 2 aromatic rings. The smallest absolute Gasteiger partial charge is 0.358 e. The highest BCUT2D eigenvalue weighted by molar-refractivity contribution is 5.86. The highest BCUT2D eigenvalue weighted by Crippen LogP contribution is 2.17. The molecule has 1 heterocycles. The Kier molecular flexibility index (Phi) is 3.47. The minimum absolute atomic E-state index is 0.0941. The molecule has 0 aliphatic heterocycles. The third kappa shape index (κ3) is 2.60. The fourth-order valence-electron chi connectivity index (χ4n) is 1.30. The van der Waals surface area contributed by atoms with Crippen LogP contribution in [-0.4, -0.2) is 23.0 Å². The fourth-order valence-corrected chi connectivity index (χ4v) is 1.30. The van der Waals surface area contributed by atoms with E-state index in [0.717, 1.165) is 0 Å². The van der Waals surface area contributed by atoms with Gasteiger partial charge in [0.05, 0.1) is 25.2 Å². The van der Waals surface area contributed by atoms with Gasteiger partial charge < -0.3 is 10.1 Å². The number of aromatic nitrogens is 2. The van der Waals surface area contributed by atoms with Crippen molar-refractivity contribution in [1.29, 1.82) is 0 Å². The second kappa shape index (κ2) is 5.22. The van der Waals surface area contributed by atoms with Crippen molar-refractivity contribution in [2.75, 3.05) is 12.4 Å². The van der Waals surface area contributed by atoms with E-state index in [1.807, 2.05) is 0 Å². The van der Waals surface area contributed by atoms with Crippen LogP contribution in [0.3, 0.4) is 0 Å². The van der Waals surface area contributed by atoms with Crippen LogP contribution >= 0.6 is 0 Å². The summed E-state index contributed by atoms with van der Waals surface area (Å²) < 4.78 is 17.8. The first-order valence-corrected chi connectivity index (χ1v) is 5.12. The second-order valence-electron chi connectivity index (χ2n) is 3.38. The molecule has 0 fully saturated rings. The van der Waals surface area contributed by atoms with E-state index in [0.29, 0.717) is 5.82 Å². The summed E-state index contributed by atoms with van der Waals surface area (Å²) in [6, 6.07) is 6.19. The number of rotatable bonds is 3. The molecule has 1 aromatic heterocycles. The Morgan fingerprint density at radius 3 is 2.67 bits per heavy atom. The van der Waals surface area contributed by atoms with Crippen molar-refractivity contribution in [2.24, 2.45) is 0 Å². The molecule has 18 heavy (non-hydrogen) atoms. The lowest BCUT2D eigenvalue weighted by Gasteiger charge is -2.06. The number of carbonyl (C=O) groups is 1. The molecule has 0 aliphatic rings. The number of carbonyl (C=O) groups excluding carboxylic acids is 1. The quantitative estimate of drug-likeness (QED) is 0.842. The molecule has 1 N–H and O–H groups in total. The average Bonchev–Trinajstić information content (AvgIpc) is 2.41. The van der Waals surface area contributed by atoms with Crippen LogP contribution in [0.5, 0.6) is 0 Å². The lowest BCUT2D eigenvalue weighted by Crippen LogP contribution is -2.06. The molecule has 0 radical (unpaired) electrons. The molecule has 0 unspecified atom stereocenters. The van der Waals surface area contributed by atoms with Gasteiger partial charge in [0.25, 0.3) is 0 Å². The predicted molar refractivity (Wildman–Crippen MR) is 63.1 cm³/mol. The Morgan fingerprint density at radius 1 is 1.28 bits per heavy atom. The largest absolute Gasteiger partial charge is 0.464 e. The lowest BCUT2D eigenvalue weighted by molar-refractivity contribution is 0.0593. The van der Waals surface area contributed by atoms with Crippen molar-refractivity contribution in [1.82, 2.24) is 9.97 Å². The average molecular weight is 247 g/mol. The summed E-state index contributed by atoms with van der Waals surface area (Å²) in [5.74, 6) is -0.621. The second-order valence-corrected chi connectivity index (χ2v) is 3.38. The van der Waals surface area contributed by atoms with Crippen molar-refractivity contribution in [2.45, 2.75) is 0 Å². The van der Waals surface area contributed by atoms with Crippen LogP contribution in [0.1, 0.15) is 10.5 Å². The SMILES string of the molecule is COC(=O)c1cnc(Nc2ccccc2F)cn1. The predicted octanol–water partition coefficient (Wildman–Crippen LogP) is 2.15. The van der Waals surface area contributed by atoms with Gasteiger partial charge in [0.2, 0.25) is 0 Å². The number of anilines is 2. The van der Waals surface area contributed by atoms with Gasteiger partial charge in [0, 0.05) is 0 Å². The Balaban J connectivity index is 2.16. The molecule has 6 heteroatoms. The summed E-state index contributed by atoms with van der Waals surface area (Å²) in [5, 5.41) is 2.76. The lowest BCUT2D eigenvalue weighted by atomic mass is 10.3. The van der Waals surface area contributed by atoms with Gasteiger partial charge in [-0.2, -0.15) is 0 Å². The standard InChI is InChI=1S/C12H10FN3O2/c1-18-12(17)10-6-15-11(7-14-10)16-9-5-3-2-4-8(9)13/h2-7H,1H3,(H,15,16). The molecule has 0 aliphatic carbocycles. The Bertz CT molecular complexity index is 558. The monoisotopic (exact) mass is 247 g/mol. The minimum atomic E-state index is -0.569. The summed E-state index contributed by atoms with van der Waals surface area (Å²) in [6.45, 7) is 0. The van der Waals surface area contributed by atoms with E-state index in [4.69, 9.17) is 0 Å². The first-order chi connectivity index (χ1) is 8.70. The normalized spacial score (nSPS) is 9.89. The number of esters is 1. The van der Waals surface area contributed by atoms with Crippen molar-refractivity contribution in [3.63, 3.8) is 0 Å². The van der Waals surface area contributed by atoms with E-state index >= 15 is 0 Å². The Hall–Kier alpha value is -2.50. The number of para-hydroxylation sites is 1. The molecule has 92 valence electrons. The van der Waals surface area contributed by atoms with Crippen LogP contribution in [-0.2, 0) is 4.74 Å². The highest BCUT2D eigenvalue weighted by Gasteiger charge is 2.08. The van der Waals surface area contributed by atoms with E-state index in [1.54, 1.807) is 18.2 Å². The molecule has 0 atom stereocenters. The van der Waals surface area contributed by atoms with Crippen LogP contribution in [0.15, 0.2) is 36.7 Å². The summed E-state index contributed by atoms with van der Waals surface area (Å²) in [6.07, 6.45) is 2.59. The van der Waals surface area contributed by atoms with Gasteiger partial charge in [-0.25, -0.2) is 19.2 Å². The first kappa shape index (κ1) is 12.0. The molecule has 0 bridgehead atoms. The zero-order chi connectivity index (χ0) is 13.0. The minimum Gasteiger partial charge on any atom is -0.464 e. The number of methoxy groups -OCH3 is 1. The van der Waals surface area contributed by atoms with Gasteiger partial charge in [-0.15, -0.1) is 0 Å². The van der Waals surface area contributed by atoms with Gasteiger partial charge in [-0.05, 0) is 12.1 Å². The molecule has 0 saturated carbocycles. The maximum Gasteiger partial charge on any atom is 0.358 e. The molecule has 1 aromatic carbocycles. The van der Waals surface area contributed by atoms with Crippen LogP contribution in [0.2, 0.25) is 0 Å². The van der Waals surface area contributed by atoms with E-state index in [1.165, 1.54) is 25.6 Å². The Morgan fingerprint density at radius 2 is 2.06 bits per heavy atom. The van der Waals surface area contributed by atoms with Gasteiger partial charge >= 0.3 is 5.97 Å². The molecule has 0 amide bonds. The Labute approximate surface area is 103 Å². The van der Waals surface area contributed by atoms with Gasteiger partial charge in [0.15, 0.2) is 5.69 Å². The summed E-state index contributed by atoms with van der Waals surface area (Å²) in [7, 11) is 1.26. The maximum absolute atomic E-state index is 13.4. The fraction of sp³-hybridized carbons (Fsp3) is 0.0833. The topological polar surface area (TPSA) is 64.1 Å². The number of ether oxygens (including phenoxy) is 1. The summed E-state index contributed by atoms with van der Waals surface area (Å²) in [5.41, 5.74) is 0.384. The van der Waals surface area contributed by atoms with Crippen LogP contribution in [0.25, 0.3) is 0 Å². The first-order valence-electron chi connectivity index (χ1n) is 5.12. The molecule has 5 nitrogen and oxygen atoms in total. The van der Waals surface area contributed by atoms with Crippen molar-refractivity contribution < 1.29 is 13.9 Å². The summed E-state index contributed by atoms with van der Waals surface area (Å²) >= 11 is 0. The number of nitrogens with zero attached hydrogens (tertiary/aromatic N) is 2. The van der Waals surface area contributed by atoms with Gasteiger partial charge in [0.1, 0.15) is 11.6 Å². The molecular formula is C12H10FN3O2. The zero-order valence-corrected chi connectivity index (χ0v) is 9.55. The van der Waals surface area contributed by atoms with E-state index in [-0.39, 0.29) is 11.4 Å². The zero-order valence-electron chi connectivity index (χ0n) is 9.55. The highest BCUT2D eigenvalue weighted by atomic mass is 19.1. The van der Waals surface area contributed by atoms with Crippen molar-refractivity contribution in [3.05, 3.63) is 48.2 Å². The van der Waals surface area contributed by atoms with E-state index in [9.17, 15) is 9.18 Å². The van der Waals surface area contributed by atoms with Crippen LogP contribution < -0.4 is 5.32 Å². The third-order valence-electron chi connectivity index (χ3n) is 2.18. The number of nitrogens with one attached hydrogen (secondary N) is 1. The van der Waals surface area contributed by atoms with Crippen LogP contribution in [0, 0.1) is 5.82 Å². The van der Waals surface area contributed by atoms with Gasteiger partial charge in [-0.3, -0.25) is 0 Å². The van der Waals surface area contributed by atoms with Crippen LogP contribution in [0.4, 0.5) is 15.9 Å². The van der Waals surface area contributed by atoms with Crippen molar-refractivity contribution in [3.8, 4) is 0 Å².